The second kappa shape index (κ2) is 9.19. The number of carbonyl (C=O) groups excluding carboxylic acids is 1. The Morgan fingerprint density at radius 2 is 1.80 bits per heavy atom. The van der Waals surface area contributed by atoms with Gasteiger partial charge >= 0.3 is 5.69 Å². The van der Waals surface area contributed by atoms with Gasteiger partial charge in [-0.05, 0) is 30.2 Å². The fourth-order valence-electron chi connectivity index (χ4n) is 3.08. The van der Waals surface area contributed by atoms with Gasteiger partial charge in [-0.25, -0.2) is 4.79 Å². The fraction of sp³-hybridized carbons (Fsp3) is 0.190. The van der Waals surface area contributed by atoms with E-state index in [1.54, 1.807) is 0 Å². The van der Waals surface area contributed by atoms with Crippen molar-refractivity contribution in [2.45, 2.75) is 19.9 Å². The molecule has 0 fully saturated rings. The van der Waals surface area contributed by atoms with Crippen molar-refractivity contribution in [1.29, 1.82) is 0 Å². The third kappa shape index (κ3) is 4.42. The number of nitrogen functional groups attached to an aromatic ring is 1. The number of hydrogen-bond donors (Lipinski definition) is 2. The number of rotatable bonds is 6. The van der Waals surface area contributed by atoms with Gasteiger partial charge in [0.25, 0.3) is 11.5 Å². The largest absolute Gasteiger partial charge is 0.383 e. The molecule has 3 N–H and O–H groups in total. The lowest BCUT2D eigenvalue weighted by Gasteiger charge is -2.24. The maximum atomic E-state index is 13.2. The van der Waals surface area contributed by atoms with Crippen molar-refractivity contribution in [1.82, 2.24) is 9.55 Å². The number of aromatic amines is 1. The number of aromatic nitrogens is 2. The van der Waals surface area contributed by atoms with Crippen molar-refractivity contribution in [2.24, 2.45) is 0 Å². The van der Waals surface area contributed by atoms with Gasteiger partial charge in [-0.1, -0.05) is 60.5 Å². The van der Waals surface area contributed by atoms with Gasteiger partial charge in [0.15, 0.2) is 5.69 Å². The smallest absolute Gasteiger partial charge is 0.330 e. The standard InChI is InChI=1S/C21H20Cl2N4O3/c1-2-10-26(20(29)14-8-9-15(22)16(23)11-14)17-18(24)27(21(30)25-19(17)28)12-13-6-4-3-5-7-13/h3-9,11H,2,10,12,24H2,1H3,(H,25,28,30). The van der Waals surface area contributed by atoms with E-state index in [0.29, 0.717) is 11.4 Å². The summed E-state index contributed by atoms with van der Waals surface area (Å²) in [5.41, 5.74) is 5.84. The molecular formula is C21H20Cl2N4O3. The van der Waals surface area contributed by atoms with Gasteiger partial charge in [0.05, 0.1) is 16.6 Å². The average Bonchev–Trinajstić information content (AvgIpc) is 2.72. The fourth-order valence-corrected chi connectivity index (χ4v) is 3.38. The van der Waals surface area contributed by atoms with Gasteiger partial charge in [-0.3, -0.25) is 19.1 Å². The number of carbonyl (C=O) groups is 1. The highest BCUT2D eigenvalue weighted by Crippen LogP contribution is 2.25. The number of nitrogens with two attached hydrogens (primary N) is 1. The van der Waals surface area contributed by atoms with E-state index in [-0.39, 0.29) is 35.2 Å². The Morgan fingerprint density at radius 3 is 2.43 bits per heavy atom. The monoisotopic (exact) mass is 446 g/mol. The summed E-state index contributed by atoms with van der Waals surface area (Å²) in [5, 5.41) is 0.527. The summed E-state index contributed by atoms with van der Waals surface area (Å²) in [6.45, 7) is 2.23. The lowest BCUT2D eigenvalue weighted by atomic mass is 10.1. The molecule has 30 heavy (non-hydrogen) atoms. The molecule has 3 aromatic rings. The predicted octanol–water partition coefficient (Wildman–Crippen LogP) is 3.53. The average molecular weight is 447 g/mol. The van der Waals surface area contributed by atoms with E-state index >= 15 is 0 Å². The molecule has 0 radical (unpaired) electrons. The molecule has 156 valence electrons. The highest BCUT2D eigenvalue weighted by Gasteiger charge is 2.25. The number of anilines is 2. The predicted molar refractivity (Wildman–Crippen MR) is 120 cm³/mol. The number of benzene rings is 2. The minimum Gasteiger partial charge on any atom is -0.383 e. The molecule has 3 rings (SSSR count). The zero-order chi connectivity index (χ0) is 21.8. The topological polar surface area (TPSA) is 101 Å². The third-order valence-electron chi connectivity index (χ3n) is 4.53. The molecule has 0 aliphatic carbocycles. The summed E-state index contributed by atoms with van der Waals surface area (Å²) in [6.07, 6.45) is 0.559. The van der Waals surface area contributed by atoms with Crippen LogP contribution < -0.4 is 21.9 Å². The Hall–Kier alpha value is -3.03. The first kappa shape index (κ1) is 21.7. The second-order valence-corrected chi connectivity index (χ2v) is 7.46. The van der Waals surface area contributed by atoms with Gasteiger partial charge in [0.2, 0.25) is 0 Å². The molecule has 1 heterocycles. The summed E-state index contributed by atoms with van der Waals surface area (Å²) < 4.78 is 1.23. The van der Waals surface area contributed by atoms with Crippen LogP contribution in [-0.4, -0.2) is 22.0 Å². The third-order valence-corrected chi connectivity index (χ3v) is 5.27. The molecule has 0 unspecified atom stereocenters. The minimum atomic E-state index is -0.733. The lowest BCUT2D eigenvalue weighted by molar-refractivity contribution is 0.0986. The summed E-state index contributed by atoms with van der Waals surface area (Å²) in [5.74, 6) is -0.563. The van der Waals surface area contributed by atoms with E-state index in [1.807, 2.05) is 37.3 Å². The Labute approximate surface area is 182 Å². The first-order valence-electron chi connectivity index (χ1n) is 9.27. The van der Waals surface area contributed by atoms with Crippen LogP contribution in [0.2, 0.25) is 10.0 Å². The number of nitrogens with zero attached hydrogens (tertiary/aromatic N) is 2. The maximum absolute atomic E-state index is 13.2. The second-order valence-electron chi connectivity index (χ2n) is 6.65. The first-order chi connectivity index (χ1) is 14.3. The van der Waals surface area contributed by atoms with Crippen LogP contribution in [0.15, 0.2) is 58.1 Å². The van der Waals surface area contributed by atoms with Crippen LogP contribution in [-0.2, 0) is 6.54 Å². The molecule has 0 aliphatic rings. The van der Waals surface area contributed by atoms with Crippen molar-refractivity contribution in [3.05, 3.63) is 90.5 Å². The molecule has 1 aromatic heterocycles. The van der Waals surface area contributed by atoms with Gasteiger partial charge in [-0.15, -0.1) is 0 Å². The molecule has 0 aliphatic heterocycles. The molecule has 0 atom stereocenters. The Bertz CT molecular complexity index is 1190. The van der Waals surface area contributed by atoms with Crippen molar-refractivity contribution in [3.8, 4) is 0 Å². The Kier molecular flexibility index (Phi) is 6.64. The van der Waals surface area contributed by atoms with E-state index in [4.69, 9.17) is 28.9 Å². The number of halogens is 2. The molecule has 0 bridgehead atoms. The number of amides is 1. The summed E-state index contributed by atoms with van der Waals surface area (Å²) in [6, 6.07) is 13.6. The number of nitrogens with one attached hydrogen (secondary N) is 1. The number of hydrogen-bond acceptors (Lipinski definition) is 4. The molecule has 2 aromatic carbocycles. The van der Waals surface area contributed by atoms with E-state index in [0.717, 1.165) is 5.56 Å². The summed E-state index contributed by atoms with van der Waals surface area (Å²) >= 11 is 12.0. The number of H-pyrrole nitrogens is 1. The summed E-state index contributed by atoms with van der Waals surface area (Å²) in [4.78, 5) is 41.8. The molecule has 1 amide bonds. The zero-order valence-electron chi connectivity index (χ0n) is 16.2. The van der Waals surface area contributed by atoms with Crippen molar-refractivity contribution in [2.75, 3.05) is 17.2 Å². The van der Waals surface area contributed by atoms with Crippen LogP contribution in [0.1, 0.15) is 29.3 Å². The van der Waals surface area contributed by atoms with Crippen LogP contribution in [0.4, 0.5) is 11.5 Å². The van der Waals surface area contributed by atoms with Crippen LogP contribution in [0, 0.1) is 0 Å². The van der Waals surface area contributed by atoms with E-state index in [9.17, 15) is 14.4 Å². The molecule has 7 nitrogen and oxygen atoms in total. The van der Waals surface area contributed by atoms with Crippen LogP contribution in [0.5, 0.6) is 0 Å². The SMILES string of the molecule is CCCN(C(=O)c1ccc(Cl)c(Cl)c1)c1c(N)n(Cc2ccccc2)c(=O)[nH]c1=O. The van der Waals surface area contributed by atoms with Gasteiger partial charge in [-0.2, -0.15) is 0 Å². The normalized spacial score (nSPS) is 10.8. The van der Waals surface area contributed by atoms with Crippen molar-refractivity contribution < 1.29 is 4.79 Å². The minimum absolute atomic E-state index is 0.0801. The maximum Gasteiger partial charge on any atom is 0.330 e. The van der Waals surface area contributed by atoms with Crippen LogP contribution >= 0.6 is 23.2 Å². The van der Waals surface area contributed by atoms with E-state index in [2.05, 4.69) is 4.98 Å². The van der Waals surface area contributed by atoms with E-state index in [1.165, 1.54) is 27.7 Å². The van der Waals surface area contributed by atoms with Crippen LogP contribution in [0.25, 0.3) is 0 Å². The van der Waals surface area contributed by atoms with Gasteiger partial charge < -0.3 is 10.6 Å². The van der Waals surface area contributed by atoms with Gasteiger partial charge in [0, 0.05) is 12.1 Å². The van der Waals surface area contributed by atoms with Crippen LogP contribution in [0.3, 0.4) is 0 Å². The van der Waals surface area contributed by atoms with Crippen molar-refractivity contribution in [3.63, 3.8) is 0 Å². The highest BCUT2D eigenvalue weighted by atomic mass is 35.5. The molecule has 9 heteroatoms. The van der Waals surface area contributed by atoms with E-state index < -0.39 is 17.2 Å². The molecular weight excluding hydrogens is 427 g/mol. The quantitative estimate of drug-likeness (QED) is 0.604. The molecule has 0 saturated heterocycles. The first-order valence-corrected chi connectivity index (χ1v) is 10.0. The summed E-state index contributed by atoms with van der Waals surface area (Å²) in [7, 11) is 0. The molecule has 0 spiro atoms. The van der Waals surface area contributed by atoms with Crippen molar-refractivity contribution >= 4 is 40.6 Å². The Morgan fingerprint density at radius 1 is 1.10 bits per heavy atom. The Balaban J connectivity index is 2.11. The highest BCUT2D eigenvalue weighted by molar-refractivity contribution is 6.42. The lowest BCUT2D eigenvalue weighted by Crippen LogP contribution is -2.41. The zero-order valence-corrected chi connectivity index (χ0v) is 17.7. The molecule has 0 saturated carbocycles. The van der Waals surface area contributed by atoms with Gasteiger partial charge in [0.1, 0.15) is 5.82 Å².